The monoisotopic (exact) mass is 498 g/mol. The fourth-order valence-electron chi connectivity index (χ4n) is 4.31. The van der Waals surface area contributed by atoms with E-state index in [1.165, 1.54) is 0 Å². The van der Waals surface area contributed by atoms with Crippen LogP contribution in [0, 0.1) is 5.92 Å². The molecule has 3 N–H and O–H groups in total. The summed E-state index contributed by atoms with van der Waals surface area (Å²) in [7, 11) is 0. The van der Waals surface area contributed by atoms with Crippen molar-refractivity contribution in [1.29, 1.82) is 0 Å². The molecular weight excluding hydrogens is 464 g/mol. The van der Waals surface area contributed by atoms with Gasteiger partial charge in [0.25, 0.3) is 5.91 Å². The van der Waals surface area contributed by atoms with E-state index in [-0.39, 0.29) is 24.3 Å². The Kier molecular flexibility index (Phi) is 8.92. The quantitative estimate of drug-likeness (QED) is 0.379. The van der Waals surface area contributed by atoms with Crippen molar-refractivity contribution in [3.63, 3.8) is 0 Å². The van der Waals surface area contributed by atoms with Crippen molar-refractivity contribution in [3.8, 4) is 0 Å². The standard InChI is InChI=1S/C30H34N4O3/c1-22-16-18-34(19-17-22)30(37)24-8-5-9-27(20-24)33-29(36)21-31-25-11-13-26(14-12-25)32-28(35)15-10-23-6-3-2-4-7-23/h2-9,11-14,20,22,31H,10,15-19,21H2,1H3,(H,32,35)(H,33,36). The Morgan fingerprint density at radius 1 is 0.784 bits per heavy atom. The Morgan fingerprint density at radius 3 is 2.19 bits per heavy atom. The number of rotatable bonds is 9. The lowest BCUT2D eigenvalue weighted by Crippen LogP contribution is -2.37. The zero-order chi connectivity index (χ0) is 26.0. The molecule has 1 aliphatic rings. The van der Waals surface area contributed by atoms with Crippen molar-refractivity contribution < 1.29 is 14.4 Å². The van der Waals surface area contributed by atoms with Gasteiger partial charge in [0.2, 0.25) is 11.8 Å². The van der Waals surface area contributed by atoms with E-state index in [0.717, 1.165) is 37.2 Å². The average Bonchev–Trinajstić information content (AvgIpc) is 2.92. The highest BCUT2D eigenvalue weighted by Gasteiger charge is 2.21. The smallest absolute Gasteiger partial charge is 0.253 e. The van der Waals surface area contributed by atoms with Crippen LogP contribution in [0.25, 0.3) is 0 Å². The van der Waals surface area contributed by atoms with Gasteiger partial charge in [0.05, 0.1) is 6.54 Å². The third-order valence-corrected chi connectivity index (χ3v) is 6.57. The largest absolute Gasteiger partial charge is 0.376 e. The molecule has 3 aromatic carbocycles. The second-order valence-corrected chi connectivity index (χ2v) is 9.57. The molecule has 7 nitrogen and oxygen atoms in total. The van der Waals surface area contributed by atoms with Gasteiger partial charge >= 0.3 is 0 Å². The van der Waals surface area contributed by atoms with Crippen LogP contribution in [-0.4, -0.2) is 42.3 Å². The van der Waals surface area contributed by atoms with Crippen molar-refractivity contribution in [2.45, 2.75) is 32.6 Å². The molecule has 0 bridgehead atoms. The maximum Gasteiger partial charge on any atom is 0.253 e. The van der Waals surface area contributed by atoms with Crippen LogP contribution < -0.4 is 16.0 Å². The Balaban J connectivity index is 1.21. The molecular formula is C30H34N4O3. The molecule has 0 aliphatic carbocycles. The lowest BCUT2D eigenvalue weighted by Gasteiger charge is -2.30. The highest BCUT2D eigenvalue weighted by atomic mass is 16.2. The molecule has 4 rings (SSSR count). The van der Waals surface area contributed by atoms with Crippen LogP contribution in [0.5, 0.6) is 0 Å². The van der Waals surface area contributed by atoms with Crippen LogP contribution in [0.4, 0.5) is 17.1 Å². The molecule has 0 aromatic heterocycles. The molecule has 37 heavy (non-hydrogen) atoms. The summed E-state index contributed by atoms with van der Waals surface area (Å²) in [4.78, 5) is 39.4. The molecule has 1 heterocycles. The van der Waals surface area contributed by atoms with Gasteiger partial charge in [-0.05, 0) is 73.2 Å². The molecule has 0 atom stereocenters. The Hall–Kier alpha value is -4.13. The number of amides is 3. The molecule has 3 amide bonds. The van der Waals surface area contributed by atoms with Gasteiger partial charge in [0.15, 0.2) is 0 Å². The number of carbonyl (C=O) groups excluding carboxylic acids is 3. The van der Waals surface area contributed by atoms with Gasteiger partial charge in [0, 0.05) is 42.1 Å². The van der Waals surface area contributed by atoms with Gasteiger partial charge in [-0.2, -0.15) is 0 Å². The molecule has 1 saturated heterocycles. The number of benzene rings is 3. The maximum absolute atomic E-state index is 12.8. The van der Waals surface area contributed by atoms with Crippen LogP contribution in [0.15, 0.2) is 78.9 Å². The first-order chi connectivity index (χ1) is 18.0. The number of piperidine rings is 1. The van der Waals surface area contributed by atoms with Gasteiger partial charge < -0.3 is 20.9 Å². The summed E-state index contributed by atoms with van der Waals surface area (Å²) in [6.45, 7) is 3.84. The second-order valence-electron chi connectivity index (χ2n) is 9.57. The summed E-state index contributed by atoms with van der Waals surface area (Å²) >= 11 is 0. The third-order valence-electron chi connectivity index (χ3n) is 6.57. The first kappa shape index (κ1) is 25.9. The summed E-state index contributed by atoms with van der Waals surface area (Å²) in [6.07, 6.45) is 3.15. The SMILES string of the molecule is CC1CCN(C(=O)c2cccc(NC(=O)CNc3ccc(NC(=O)CCc4ccccc4)cc3)c2)CC1. The van der Waals surface area contributed by atoms with Crippen LogP contribution in [0.3, 0.4) is 0 Å². The summed E-state index contributed by atoms with van der Waals surface area (Å²) < 4.78 is 0. The fraction of sp³-hybridized carbons (Fsp3) is 0.300. The molecule has 0 radical (unpaired) electrons. The summed E-state index contributed by atoms with van der Waals surface area (Å²) in [6, 6.07) is 24.2. The van der Waals surface area contributed by atoms with Crippen molar-refractivity contribution >= 4 is 34.8 Å². The van der Waals surface area contributed by atoms with E-state index in [2.05, 4.69) is 22.9 Å². The number of hydrogen-bond donors (Lipinski definition) is 3. The van der Waals surface area contributed by atoms with Crippen molar-refractivity contribution in [2.24, 2.45) is 5.92 Å². The highest BCUT2D eigenvalue weighted by molar-refractivity contribution is 5.98. The van der Waals surface area contributed by atoms with Crippen LogP contribution in [-0.2, 0) is 16.0 Å². The number of aryl methyl sites for hydroxylation is 1. The van der Waals surface area contributed by atoms with E-state index in [1.54, 1.807) is 36.4 Å². The van der Waals surface area contributed by atoms with E-state index in [0.29, 0.717) is 35.7 Å². The zero-order valence-electron chi connectivity index (χ0n) is 21.2. The van der Waals surface area contributed by atoms with Crippen LogP contribution in [0.1, 0.15) is 42.1 Å². The Bertz CT molecular complexity index is 1200. The van der Waals surface area contributed by atoms with Gasteiger partial charge in [-0.1, -0.05) is 43.3 Å². The van der Waals surface area contributed by atoms with Gasteiger partial charge in [-0.25, -0.2) is 0 Å². The van der Waals surface area contributed by atoms with Crippen molar-refractivity contribution in [2.75, 3.05) is 35.6 Å². The number of carbonyl (C=O) groups is 3. The Labute approximate surface area is 218 Å². The molecule has 1 aliphatic heterocycles. The number of nitrogens with one attached hydrogen (secondary N) is 3. The fourth-order valence-corrected chi connectivity index (χ4v) is 4.31. The molecule has 7 heteroatoms. The first-order valence-corrected chi connectivity index (χ1v) is 12.8. The summed E-state index contributed by atoms with van der Waals surface area (Å²) in [5, 5.41) is 8.84. The topological polar surface area (TPSA) is 90.5 Å². The summed E-state index contributed by atoms with van der Waals surface area (Å²) in [5.74, 6) is 0.407. The highest BCUT2D eigenvalue weighted by Crippen LogP contribution is 2.20. The number of anilines is 3. The predicted molar refractivity (Wildman–Crippen MR) is 148 cm³/mol. The summed E-state index contributed by atoms with van der Waals surface area (Å²) in [5.41, 5.74) is 3.78. The minimum Gasteiger partial charge on any atom is -0.376 e. The van der Waals surface area contributed by atoms with Crippen LogP contribution in [0.2, 0.25) is 0 Å². The number of nitrogens with zero attached hydrogens (tertiary/aromatic N) is 1. The lowest BCUT2D eigenvalue weighted by atomic mass is 9.98. The minimum atomic E-state index is -0.213. The van der Waals surface area contributed by atoms with Gasteiger partial charge in [-0.15, -0.1) is 0 Å². The van der Waals surface area contributed by atoms with Gasteiger partial charge in [-0.3, -0.25) is 14.4 Å². The molecule has 0 saturated carbocycles. The first-order valence-electron chi connectivity index (χ1n) is 12.8. The Morgan fingerprint density at radius 2 is 1.46 bits per heavy atom. The van der Waals surface area contributed by atoms with Gasteiger partial charge in [0.1, 0.15) is 0 Å². The van der Waals surface area contributed by atoms with Crippen molar-refractivity contribution in [3.05, 3.63) is 90.0 Å². The third kappa shape index (κ3) is 7.93. The van der Waals surface area contributed by atoms with E-state index in [9.17, 15) is 14.4 Å². The maximum atomic E-state index is 12.8. The lowest BCUT2D eigenvalue weighted by molar-refractivity contribution is -0.116. The average molecular weight is 499 g/mol. The van der Waals surface area contributed by atoms with E-state index in [4.69, 9.17) is 0 Å². The van der Waals surface area contributed by atoms with Crippen molar-refractivity contribution in [1.82, 2.24) is 4.90 Å². The number of hydrogen-bond acceptors (Lipinski definition) is 4. The van der Waals surface area contributed by atoms with E-state index >= 15 is 0 Å². The normalized spacial score (nSPS) is 13.6. The van der Waals surface area contributed by atoms with E-state index < -0.39 is 0 Å². The minimum absolute atomic E-state index is 0.00775. The molecule has 192 valence electrons. The molecule has 0 spiro atoms. The molecule has 1 fully saturated rings. The second kappa shape index (κ2) is 12.7. The van der Waals surface area contributed by atoms with Crippen LogP contribution >= 0.6 is 0 Å². The predicted octanol–water partition coefficient (Wildman–Crippen LogP) is 5.18. The zero-order valence-corrected chi connectivity index (χ0v) is 21.2. The van der Waals surface area contributed by atoms with E-state index in [1.807, 2.05) is 47.4 Å². The molecule has 3 aromatic rings. The molecule has 0 unspecified atom stereocenters. The number of likely N-dealkylation sites (tertiary alicyclic amines) is 1.